The molecule has 0 atom stereocenters. The second kappa shape index (κ2) is 21.6. The molecule has 0 spiro atoms. The highest BCUT2D eigenvalue weighted by molar-refractivity contribution is 14.0. The van der Waals surface area contributed by atoms with Crippen LogP contribution < -0.4 is 10.9 Å². The van der Waals surface area contributed by atoms with Gasteiger partial charge in [-0.25, -0.2) is 19.0 Å². The molecule has 0 saturated carbocycles. The first-order valence-corrected chi connectivity index (χ1v) is 14.9. The first kappa shape index (κ1) is 42.9. The normalized spacial score (nSPS) is 9.51. The number of nitrogens with zero attached hydrogens (tertiary/aromatic N) is 4. The lowest BCUT2D eigenvalue weighted by molar-refractivity contribution is 0.0506. The van der Waals surface area contributed by atoms with E-state index in [-0.39, 0.29) is 48.6 Å². The number of hydrogen-bond acceptors (Lipinski definition) is 10. The Morgan fingerprint density at radius 3 is 1.26 bits per heavy atom. The number of carbonyl (C=O) groups excluding carboxylic acids is 2. The smallest absolute Gasteiger partial charge is 0.448 e. The number of ether oxygens (including phenoxy) is 2. The minimum Gasteiger partial charge on any atom is -0.461 e. The summed E-state index contributed by atoms with van der Waals surface area (Å²) in [5, 5.41) is 23.4. The summed E-state index contributed by atoms with van der Waals surface area (Å²) in [5.74, 6) is -1.38. The van der Waals surface area contributed by atoms with Crippen LogP contribution in [-0.2, 0) is 9.47 Å². The van der Waals surface area contributed by atoms with E-state index in [1.807, 2.05) is 76.2 Å². The van der Waals surface area contributed by atoms with Gasteiger partial charge >= 0.3 is 19.1 Å². The lowest BCUT2D eigenvalue weighted by atomic mass is 9.99. The molecule has 0 aliphatic carbocycles. The molecule has 0 unspecified atom stereocenters. The van der Waals surface area contributed by atoms with Gasteiger partial charge in [-0.15, -0.1) is 24.0 Å². The maximum Gasteiger partial charge on any atom is 0.448 e. The summed E-state index contributed by atoms with van der Waals surface area (Å²) in [6.07, 6.45) is 3.24. The molecule has 4 rings (SSSR count). The van der Waals surface area contributed by atoms with Crippen molar-refractivity contribution in [3.05, 3.63) is 115 Å². The van der Waals surface area contributed by atoms with Crippen LogP contribution in [0.4, 0.5) is 0 Å². The fourth-order valence-electron chi connectivity index (χ4n) is 3.78. The number of hydrogen-bond donors (Lipinski definition) is 2. The van der Waals surface area contributed by atoms with E-state index < -0.39 is 29.9 Å². The maximum atomic E-state index is 12.0. The zero-order valence-electron chi connectivity index (χ0n) is 28.3. The molecule has 0 fully saturated rings. The third kappa shape index (κ3) is 12.9. The predicted molar refractivity (Wildman–Crippen MR) is 193 cm³/mol. The van der Waals surface area contributed by atoms with Crippen LogP contribution in [0, 0.1) is 27.7 Å². The SMILES string of the molecule is CB(O)O.CC.CCOC(=O)c1nn(-c2ccccc2C)cc(C)c1=O.CCOC(=O)c1nn(-c2ccccc2C)cc(C)c1=O.I. The Morgan fingerprint density at radius 1 is 0.681 bits per heavy atom. The number of halogens is 1. The van der Waals surface area contributed by atoms with Crippen molar-refractivity contribution in [1.29, 1.82) is 0 Å². The molecule has 254 valence electrons. The van der Waals surface area contributed by atoms with Crippen LogP contribution in [0.15, 0.2) is 70.5 Å². The van der Waals surface area contributed by atoms with Gasteiger partial charge in [0.15, 0.2) is 0 Å². The van der Waals surface area contributed by atoms with Crippen molar-refractivity contribution < 1.29 is 29.1 Å². The van der Waals surface area contributed by atoms with Crippen molar-refractivity contribution in [2.45, 2.75) is 62.2 Å². The van der Waals surface area contributed by atoms with E-state index >= 15 is 0 Å². The van der Waals surface area contributed by atoms with Crippen LogP contribution in [0.3, 0.4) is 0 Å². The Balaban J connectivity index is 0.000000758. The summed E-state index contributed by atoms with van der Waals surface area (Å²) in [4.78, 5) is 47.5. The predicted octanol–water partition coefficient (Wildman–Crippen LogP) is 4.79. The van der Waals surface area contributed by atoms with E-state index in [0.29, 0.717) is 11.1 Å². The lowest BCUT2D eigenvalue weighted by Crippen LogP contribution is -2.25. The molecule has 2 aromatic heterocycles. The van der Waals surface area contributed by atoms with E-state index in [0.717, 1.165) is 22.5 Å². The van der Waals surface area contributed by atoms with Gasteiger partial charge < -0.3 is 19.5 Å². The molecule has 0 aliphatic rings. The second-order valence-corrected chi connectivity index (χ2v) is 9.51. The van der Waals surface area contributed by atoms with Crippen LogP contribution in [0.1, 0.15) is 70.9 Å². The first-order chi connectivity index (χ1) is 21.8. The van der Waals surface area contributed by atoms with Crippen molar-refractivity contribution in [3.8, 4) is 11.4 Å². The van der Waals surface area contributed by atoms with Gasteiger partial charge in [0.1, 0.15) is 0 Å². The molecule has 0 amide bonds. The van der Waals surface area contributed by atoms with E-state index in [1.165, 1.54) is 6.82 Å². The number of aromatic nitrogens is 4. The number of aryl methyl sites for hydroxylation is 4. The van der Waals surface area contributed by atoms with Gasteiger partial charge in [-0.3, -0.25) is 9.59 Å². The minimum atomic E-state index is -1.17. The fraction of sp³-hybridized carbons (Fsp3) is 0.333. The Bertz CT molecular complexity index is 1600. The number of para-hydroxylation sites is 2. The standard InChI is InChI=1S/2C15H16N2O3.C2H6.CH5BO2.HI/c2*1-4-20-15(19)13-14(18)11(3)9-17(16-13)12-8-6-5-7-10(12)2;1-2;1-2(3)4;/h2*5-9H,4H2,1-3H3;1-2H3;3-4H,1H3;1H. The number of carbonyl (C=O) groups is 2. The van der Waals surface area contributed by atoms with Crippen LogP contribution in [0.25, 0.3) is 11.4 Å². The lowest BCUT2D eigenvalue weighted by Gasteiger charge is -2.11. The number of rotatable bonds is 6. The number of benzene rings is 2. The van der Waals surface area contributed by atoms with Crippen molar-refractivity contribution in [2.75, 3.05) is 13.2 Å². The maximum absolute atomic E-state index is 12.0. The van der Waals surface area contributed by atoms with Gasteiger partial charge in [-0.1, -0.05) is 50.2 Å². The molecule has 4 aromatic rings. The topological polar surface area (TPSA) is 163 Å². The average molecular weight is 762 g/mol. The Hall–Kier alpha value is -4.15. The molecule has 47 heavy (non-hydrogen) atoms. The van der Waals surface area contributed by atoms with E-state index in [9.17, 15) is 19.2 Å². The second-order valence-electron chi connectivity index (χ2n) is 9.51. The highest BCUT2D eigenvalue weighted by atomic mass is 127. The summed E-state index contributed by atoms with van der Waals surface area (Å²) < 4.78 is 12.8. The molecule has 0 radical (unpaired) electrons. The molecule has 2 N–H and O–H groups in total. The van der Waals surface area contributed by atoms with Crippen LogP contribution in [-0.4, -0.2) is 61.9 Å². The van der Waals surface area contributed by atoms with Gasteiger partial charge in [-0.05, 0) is 71.6 Å². The molecular weight excluding hydrogens is 718 g/mol. The van der Waals surface area contributed by atoms with Crippen molar-refractivity contribution >= 4 is 43.0 Å². The molecular formula is C33H44BIN4O8. The van der Waals surface area contributed by atoms with Crippen LogP contribution in [0.5, 0.6) is 0 Å². The Kier molecular flexibility index (Phi) is 19.7. The molecule has 12 nitrogen and oxygen atoms in total. The summed E-state index contributed by atoms with van der Waals surface area (Å²) in [6.45, 7) is 16.3. The molecule has 14 heteroatoms. The van der Waals surface area contributed by atoms with Crippen LogP contribution >= 0.6 is 24.0 Å². The van der Waals surface area contributed by atoms with Gasteiger partial charge in [0.05, 0.1) is 24.6 Å². The van der Waals surface area contributed by atoms with E-state index in [1.54, 1.807) is 49.5 Å². The third-order valence-corrected chi connectivity index (χ3v) is 5.86. The van der Waals surface area contributed by atoms with Crippen molar-refractivity contribution in [2.24, 2.45) is 0 Å². The fourth-order valence-corrected chi connectivity index (χ4v) is 3.78. The van der Waals surface area contributed by atoms with Gasteiger partial charge in [0, 0.05) is 23.5 Å². The Morgan fingerprint density at radius 2 is 0.979 bits per heavy atom. The molecule has 0 aliphatic heterocycles. The first-order valence-electron chi connectivity index (χ1n) is 14.9. The van der Waals surface area contributed by atoms with Gasteiger partial charge in [0.2, 0.25) is 22.2 Å². The monoisotopic (exact) mass is 762 g/mol. The highest BCUT2D eigenvalue weighted by Crippen LogP contribution is 2.13. The molecule has 0 saturated heterocycles. The van der Waals surface area contributed by atoms with Crippen molar-refractivity contribution in [1.82, 2.24) is 19.6 Å². The van der Waals surface area contributed by atoms with Crippen LogP contribution in [0.2, 0.25) is 6.82 Å². The molecule has 0 bridgehead atoms. The zero-order chi connectivity index (χ0) is 35.0. The summed E-state index contributed by atoms with van der Waals surface area (Å²) in [5.41, 5.74) is 3.38. The summed E-state index contributed by atoms with van der Waals surface area (Å²) in [6, 6.07) is 15.2. The zero-order valence-corrected chi connectivity index (χ0v) is 30.6. The van der Waals surface area contributed by atoms with E-state index in [2.05, 4.69) is 10.2 Å². The summed E-state index contributed by atoms with van der Waals surface area (Å²) >= 11 is 0. The van der Waals surface area contributed by atoms with Gasteiger partial charge in [-0.2, -0.15) is 10.2 Å². The van der Waals surface area contributed by atoms with Crippen molar-refractivity contribution in [3.63, 3.8) is 0 Å². The highest BCUT2D eigenvalue weighted by Gasteiger charge is 2.18. The average Bonchev–Trinajstić information content (AvgIpc) is 3.01. The van der Waals surface area contributed by atoms with E-state index in [4.69, 9.17) is 19.5 Å². The third-order valence-electron chi connectivity index (χ3n) is 5.86. The van der Waals surface area contributed by atoms with Gasteiger partial charge in [0.25, 0.3) is 0 Å². The molecule has 2 heterocycles. The minimum absolute atomic E-state index is 0. The summed E-state index contributed by atoms with van der Waals surface area (Å²) in [7, 11) is -1.17. The quantitative estimate of drug-likeness (QED) is 0.159. The Labute approximate surface area is 292 Å². The number of esters is 2. The molecule has 2 aromatic carbocycles. The largest absolute Gasteiger partial charge is 0.461 e.